The summed E-state index contributed by atoms with van der Waals surface area (Å²) in [6, 6.07) is 14.1. The largest absolute Gasteiger partial charge is 0.496 e. The number of aryl methyl sites for hydroxylation is 1. The quantitative estimate of drug-likeness (QED) is 0.397. The Balaban J connectivity index is 1.85. The van der Waals surface area contributed by atoms with Gasteiger partial charge in [-0.25, -0.2) is 4.39 Å². The average molecular weight is 493 g/mol. The lowest BCUT2D eigenvalue weighted by molar-refractivity contribution is -0.121. The van der Waals surface area contributed by atoms with Gasteiger partial charge in [0.25, 0.3) is 5.91 Å². The van der Waals surface area contributed by atoms with Gasteiger partial charge >= 0.3 is 0 Å². The molecule has 0 atom stereocenters. The van der Waals surface area contributed by atoms with Crippen LogP contribution in [0.15, 0.2) is 48.5 Å². The van der Waals surface area contributed by atoms with Crippen LogP contribution in [0.1, 0.15) is 38.3 Å². The van der Waals surface area contributed by atoms with Crippen LogP contribution in [0.4, 0.5) is 15.8 Å². The zero-order valence-corrected chi connectivity index (χ0v) is 21.7. The minimum atomic E-state index is -0.753. The van der Waals surface area contributed by atoms with Crippen LogP contribution in [0, 0.1) is 12.7 Å². The number of carbonyl (C=O) groups excluding carboxylic acids is 1. The summed E-state index contributed by atoms with van der Waals surface area (Å²) in [6.07, 6.45) is 0.902. The molecule has 0 bridgehead atoms. The second-order valence-corrected chi connectivity index (χ2v) is 9.51. The molecule has 0 saturated heterocycles. The van der Waals surface area contributed by atoms with E-state index in [0.29, 0.717) is 18.1 Å². The lowest BCUT2D eigenvalue weighted by atomic mass is 9.91. The molecule has 1 heterocycles. The number of carbonyl (C=O) groups is 1. The van der Waals surface area contributed by atoms with Crippen molar-refractivity contribution in [1.82, 2.24) is 0 Å². The van der Waals surface area contributed by atoms with Crippen LogP contribution in [-0.4, -0.2) is 32.2 Å². The van der Waals surface area contributed by atoms with Crippen molar-refractivity contribution in [2.75, 3.05) is 31.0 Å². The molecule has 0 saturated carbocycles. The Kier molecular flexibility index (Phi) is 7.11. The molecular weight excluding hydrogens is 459 g/mol. The Labute approximate surface area is 212 Å². The number of methoxy groups -OCH3 is 1. The van der Waals surface area contributed by atoms with E-state index in [1.54, 1.807) is 25.1 Å². The minimum Gasteiger partial charge on any atom is -0.496 e. The van der Waals surface area contributed by atoms with Crippen molar-refractivity contribution in [3.8, 4) is 28.4 Å². The molecule has 190 valence electrons. The van der Waals surface area contributed by atoms with Crippen LogP contribution < -0.4 is 24.4 Å². The fraction of sp³-hybridized carbons (Fsp3) is 0.345. The number of nitrogens with one attached hydrogen (secondary N) is 1. The topological polar surface area (TPSA) is 60.0 Å². The predicted molar refractivity (Wildman–Crippen MR) is 141 cm³/mol. The summed E-state index contributed by atoms with van der Waals surface area (Å²) in [6.45, 7) is 8.37. The number of amides is 1. The summed E-state index contributed by atoms with van der Waals surface area (Å²) in [7, 11) is 3.39. The van der Waals surface area contributed by atoms with Crippen molar-refractivity contribution in [2.24, 2.45) is 0 Å². The van der Waals surface area contributed by atoms with Crippen molar-refractivity contribution in [3.05, 3.63) is 65.5 Å². The maximum absolute atomic E-state index is 13.9. The smallest absolute Gasteiger partial charge is 0.251 e. The van der Waals surface area contributed by atoms with Crippen LogP contribution in [0.2, 0.25) is 0 Å². The molecule has 0 unspecified atom stereocenters. The number of rotatable bonds is 8. The number of nitrogens with zero attached hydrogens (tertiary/aromatic N) is 1. The third kappa shape index (κ3) is 4.83. The van der Waals surface area contributed by atoms with Gasteiger partial charge in [0.05, 0.1) is 25.1 Å². The summed E-state index contributed by atoms with van der Waals surface area (Å²) in [5.74, 6) is 1.38. The predicted octanol–water partition coefficient (Wildman–Crippen LogP) is 6.34. The average Bonchev–Trinajstić information content (AvgIpc) is 2.86. The molecule has 6 nitrogen and oxygen atoms in total. The third-order valence-corrected chi connectivity index (χ3v) is 6.36. The van der Waals surface area contributed by atoms with E-state index >= 15 is 0 Å². The van der Waals surface area contributed by atoms with Gasteiger partial charge in [-0.2, -0.15) is 0 Å². The van der Waals surface area contributed by atoms with Gasteiger partial charge in [0, 0.05) is 30.3 Å². The van der Waals surface area contributed by atoms with Crippen molar-refractivity contribution >= 4 is 17.3 Å². The first-order valence-electron chi connectivity index (χ1n) is 12.1. The number of ether oxygens (including phenoxy) is 3. The Morgan fingerprint density at radius 1 is 1.00 bits per heavy atom. The van der Waals surface area contributed by atoms with E-state index < -0.39 is 5.54 Å². The molecule has 0 aliphatic carbocycles. The number of fused-ring (bicyclic) bond motifs is 1. The Morgan fingerprint density at radius 3 is 2.47 bits per heavy atom. The van der Waals surface area contributed by atoms with Crippen molar-refractivity contribution in [2.45, 2.75) is 46.3 Å². The number of anilines is 2. The number of hydrogen-bond donors (Lipinski definition) is 1. The van der Waals surface area contributed by atoms with E-state index in [9.17, 15) is 9.18 Å². The second kappa shape index (κ2) is 10.1. The minimum absolute atomic E-state index is 0.0642. The molecule has 1 amide bonds. The molecule has 1 aliphatic rings. The fourth-order valence-electron chi connectivity index (χ4n) is 4.51. The maximum Gasteiger partial charge on any atom is 0.251 e. The summed E-state index contributed by atoms with van der Waals surface area (Å²) in [5, 5.41) is 3.36. The van der Waals surface area contributed by atoms with Gasteiger partial charge in [-0.05, 0) is 62.6 Å². The van der Waals surface area contributed by atoms with Crippen LogP contribution >= 0.6 is 0 Å². The number of benzene rings is 3. The highest BCUT2D eigenvalue weighted by Crippen LogP contribution is 2.45. The van der Waals surface area contributed by atoms with Crippen LogP contribution in [-0.2, 0) is 11.4 Å². The third-order valence-electron chi connectivity index (χ3n) is 6.36. The van der Waals surface area contributed by atoms with Crippen molar-refractivity contribution < 1.29 is 23.4 Å². The zero-order chi connectivity index (χ0) is 26.0. The molecule has 7 heteroatoms. The normalized spacial score (nSPS) is 14.2. The summed E-state index contributed by atoms with van der Waals surface area (Å²) < 4.78 is 31.6. The number of likely N-dealkylation sites (N-methyl/N-ethyl adjacent to an activating group) is 1. The van der Waals surface area contributed by atoms with Gasteiger partial charge < -0.3 is 24.4 Å². The molecule has 0 fully saturated rings. The second-order valence-electron chi connectivity index (χ2n) is 9.51. The first-order valence-corrected chi connectivity index (χ1v) is 12.1. The zero-order valence-electron chi connectivity index (χ0n) is 21.7. The highest BCUT2D eigenvalue weighted by atomic mass is 19.1. The van der Waals surface area contributed by atoms with Crippen LogP contribution in [0.25, 0.3) is 11.1 Å². The standard InChI is InChI=1S/C29H33FN2O4/c1-7-14-35-20-10-11-22(26(16-20)34-6)21-12-13-24-27(32(5)28(33)29(3,4)31-24)23(21)17-36-25-15-19(30)9-8-18(25)2/h8-13,15-16,31H,7,14,17H2,1-6H3. The lowest BCUT2D eigenvalue weighted by Gasteiger charge is -2.39. The van der Waals surface area contributed by atoms with E-state index in [0.717, 1.165) is 45.8 Å². The summed E-state index contributed by atoms with van der Waals surface area (Å²) in [4.78, 5) is 14.8. The van der Waals surface area contributed by atoms with Gasteiger partial charge in [-0.1, -0.05) is 19.1 Å². The van der Waals surface area contributed by atoms with Gasteiger partial charge in [0.15, 0.2) is 0 Å². The molecule has 4 rings (SSSR count). The van der Waals surface area contributed by atoms with E-state index in [-0.39, 0.29) is 18.3 Å². The highest BCUT2D eigenvalue weighted by Gasteiger charge is 2.38. The molecule has 0 radical (unpaired) electrons. The van der Waals surface area contributed by atoms with Crippen molar-refractivity contribution in [1.29, 1.82) is 0 Å². The first kappa shape index (κ1) is 25.4. The van der Waals surface area contributed by atoms with Gasteiger partial charge in [0.1, 0.15) is 35.2 Å². The van der Waals surface area contributed by atoms with Gasteiger partial charge in [-0.15, -0.1) is 0 Å². The first-order chi connectivity index (χ1) is 17.2. The van der Waals surface area contributed by atoms with Gasteiger partial charge in [-0.3, -0.25) is 4.79 Å². The molecule has 1 N–H and O–H groups in total. The van der Waals surface area contributed by atoms with E-state index in [1.807, 2.05) is 51.1 Å². The Morgan fingerprint density at radius 2 is 1.75 bits per heavy atom. The monoisotopic (exact) mass is 492 g/mol. The molecular formula is C29H33FN2O4. The number of hydrogen-bond acceptors (Lipinski definition) is 5. The molecule has 1 aliphatic heterocycles. The van der Waals surface area contributed by atoms with Crippen LogP contribution in [0.3, 0.4) is 0 Å². The molecule has 0 aromatic heterocycles. The Hall–Kier alpha value is -3.74. The SMILES string of the molecule is CCCOc1ccc(-c2ccc3c(c2COc2cc(F)ccc2C)N(C)C(=O)C(C)(C)N3)c(OC)c1. The molecule has 3 aromatic rings. The lowest BCUT2D eigenvalue weighted by Crippen LogP contribution is -2.52. The Bertz CT molecular complexity index is 1290. The van der Waals surface area contributed by atoms with Crippen molar-refractivity contribution in [3.63, 3.8) is 0 Å². The van der Waals surface area contributed by atoms with Crippen LogP contribution in [0.5, 0.6) is 17.2 Å². The summed E-state index contributed by atoms with van der Waals surface area (Å²) >= 11 is 0. The van der Waals surface area contributed by atoms with Gasteiger partial charge in [0.2, 0.25) is 0 Å². The van der Waals surface area contributed by atoms with E-state index in [1.165, 1.54) is 12.1 Å². The fourth-order valence-corrected chi connectivity index (χ4v) is 4.51. The number of halogens is 1. The summed E-state index contributed by atoms with van der Waals surface area (Å²) in [5.41, 5.74) is 4.09. The molecule has 0 spiro atoms. The maximum atomic E-state index is 13.9. The molecule has 36 heavy (non-hydrogen) atoms. The highest BCUT2D eigenvalue weighted by molar-refractivity contribution is 6.08. The van der Waals surface area contributed by atoms with E-state index in [2.05, 4.69) is 12.2 Å². The molecule has 3 aromatic carbocycles. The van der Waals surface area contributed by atoms with E-state index in [4.69, 9.17) is 14.2 Å².